The maximum Gasteiger partial charge on any atom is 0.250 e. The minimum Gasteiger partial charge on any atom is -0.493 e. The molecule has 0 saturated carbocycles. The lowest BCUT2D eigenvalue weighted by Gasteiger charge is -2.15. The molecule has 0 fully saturated rings. The van der Waals surface area contributed by atoms with Crippen LogP contribution in [0.3, 0.4) is 0 Å². The molecule has 0 atom stereocenters. The number of amides is 1. The second-order valence-electron chi connectivity index (χ2n) is 7.49. The first kappa shape index (κ1) is 25.7. The van der Waals surface area contributed by atoms with Gasteiger partial charge in [-0.15, -0.1) is 10.2 Å². The van der Waals surface area contributed by atoms with Gasteiger partial charge in [-0.25, -0.2) is 9.82 Å². The van der Waals surface area contributed by atoms with Crippen LogP contribution in [0.1, 0.15) is 5.56 Å². The fourth-order valence-corrected chi connectivity index (χ4v) is 4.23. The van der Waals surface area contributed by atoms with Crippen molar-refractivity contribution in [2.75, 3.05) is 27.1 Å². The Bertz CT molecular complexity index is 1390. The molecule has 1 amide bonds. The third kappa shape index (κ3) is 5.89. The Morgan fingerprint density at radius 3 is 2.32 bits per heavy atom. The zero-order chi connectivity index (χ0) is 26.2. The summed E-state index contributed by atoms with van der Waals surface area (Å²) in [5.41, 5.74) is 4.16. The van der Waals surface area contributed by atoms with E-state index in [4.69, 9.17) is 14.2 Å². The van der Waals surface area contributed by atoms with Crippen molar-refractivity contribution in [2.24, 2.45) is 5.10 Å². The van der Waals surface area contributed by atoms with Crippen LogP contribution in [0.4, 0.5) is 4.39 Å². The van der Waals surface area contributed by atoms with E-state index in [0.717, 1.165) is 5.69 Å². The molecule has 9 nitrogen and oxygen atoms in total. The number of carbonyl (C=O) groups is 1. The number of thioether (sulfide) groups is 1. The molecular formula is C26H24FN5O4S. The Morgan fingerprint density at radius 2 is 1.68 bits per heavy atom. The van der Waals surface area contributed by atoms with Crippen molar-refractivity contribution in [1.82, 2.24) is 20.2 Å². The van der Waals surface area contributed by atoms with Gasteiger partial charge in [-0.3, -0.25) is 9.36 Å². The van der Waals surface area contributed by atoms with E-state index in [1.807, 2.05) is 34.9 Å². The van der Waals surface area contributed by atoms with Gasteiger partial charge in [-0.1, -0.05) is 48.2 Å². The quantitative estimate of drug-likeness (QED) is 0.188. The molecule has 190 valence electrons. The minimum atomic E-state index is -0.426. The van der Waals surface area contributed by atoms with Crippen molar-refractivity contribution in [1.29, 1.82) is 0 Å². The van der Waals surface area contributed by atoms with Crippen molar-refractivity contribution in [3.05, 3.63) is 78.1 Å². The molecule has 1 aromatic heterocycles. The zero-order valence-electron chi connectivity index (χ0n) is 20.3. The van der Waals surface area contributed by atoms with Crippen molar-refractivity contribution < 1.29 is 23.4 Å². The van der Waals surface area contributed by atoms with Gasteiger partial charge in [-0.05, 0) is 30.3 Å². The maximum atomic E-state index is 13.7. The first-order valence-electron chi connectivity index (χ1n) is 11.1. The van der Waals surface area contributed by atoms with E-state index in [-0.39, 0.29) is 17.2 Å². The van der Waals surface area contributed by atoms with Gasteiger partial charge in [-0.2, -0.15) is 5.10 Å². The summed E-state index contributed by atoms with van der Waals surface area (Å²) < 4.78 is 32.0. The van der Waals surface area contributed by atoms with E-state index < -0.39 is 5.82 Å². The lowest BCUT2D eigenvalue weighted by atomic mass is 10.1. The van der Waals surface area contributed by atoms with Gasteiger partial charge in [0.1, 0.15) is 5.82 Å². The number of benzene rings is 3. The Hall–Kier alpha value is -4.38. The second kappa shape index (κ2) is 12.0. The zero-order valence-corrected chi connectivity index (χ0v) is 21.2. The molecule has 0 bridgehead atoms. The highest BCUT2D eigenvalue weighted by Crippen LogP contribution is 2.41. The summed E-state index contributed by atoms with van der Waals surface area (Å²) in [4.78, 5) is 12.4. The number of methoxy groups -OCH3 is 3. The van der Waals surface area contributed by atoms with Crippen LogP contribution in [0.5, 0.6) is 17.2 Å². The summed E-state index contributed by atoms with van der Waals surface area (Å²) in [6, 6.07) is 19.2. The van der Waals surface area contributed by atoms with Crippen LogP contribution in [0.25, 0.3) is 17.1 Å². The molecule has 3 aromatic carbocycles. The smallest absolute Gasteiger partial charge is 0.250 e. The molecule has 0 saturated heterocycles. The van der Waals surface area contributed by atoms with Crippen LogP contribution >= 0.6 is 11.8 Å². The molecule has 0 aliphatic rings. The topological polar surface area (TPSA) is 99.9 Å². The van der Waals surface area contributed by atoms with Crippen LogP contribution in [0, 0.1) is 5.82 Å². The van der Waals surface area contributed by atoms with Crippen LogP contribution < -0.4 is 19.6 Å². The van der Waals surface area contributed by atoms with Gasteiger partial charge in [0, 0.05) is 16.8 Å². The highest BCUT2D eigenvalue weighted by atomic mass is 32.2. The SMILES string of the molecule is COc1cc(-c2nnc(SCC(=O)N/N=C\c3ccccc3F)n2-c2ccccc2)cc(OC)c1OC. The number of hydrogen-bond acceptors (Lipinski definition) is 8. The Kier molecular flexibility index (Phi) is 8.37. The van der Waals surface area contributed by atoms with Gasteiger partial charge >= 0.3 is 0 Å². The number of nitrogens with zero attached hydrogens (tertiary/aromatic N) is 4. The van der Waals surface area contributed by atoms with Gasteiger partial charge in [0.25, 0.3) is 5.91 Å². The van der Waals surface area contributed by atoms with E-state index in [1.165, 1.54) is 45.4 Å². The highest BCUT2D eigenvalue weighted by molar-refractivity contribution is 7.99. The highest BCUT2D eigenvalue weighted by Gasteiger charge is 2.21. The van der Waals surface area contributed by atoms with Crippen LogP contribution in [-0.4, -0.2) is 54.0 Å². The normalized spacial score (nSPS) is 10.9. The number of nitrogens with one attached hydrogen (secondary N) is 1. The van der Waals surface area contributed by atoms with E-state index >= 15 is 0 Å². The minimum absolute atomic E-state index is 0.00876. The number of halogens is 1. The molecule has 0 aliphatic carbocycles. The first-order valence-corrected chi connectivity index (χ1v) is 12.0. The predicted molar refractivity (Wildman–Crippen MR) is 139 cm³/mol. The molecule has 37 heavy (non-hydrogen) atoms. The third-order valence-corrected chi connectivity index (χ3v) is 6.13. The molecule has 0 unspecified atom stereocenters. The first-order chi connectivity index (χ1) is 18.0. The van der Waals surface area contributed by atoms with Gasteiger partial charge in [0.2, 0.25) is 5.75 Å². The standard InChI is InChI=1S/C26H24FN5O4S/c1-34-21-13-18(14-22(35-2)24(21)36-3)25-30-31-26(32(25)19-10-5-4-6-11-19)37-16-23(33)29-28-15-17-9-7-8-12-20(17)27/h4-15H,16H2,1-3H3,(H,29,33)/b28-15-. The molecule has 0 radical (unpaired) electrons. The van der Waals surface area contributed by atoms with Gasteiger partial charge in [0.15, 0.2) is 22.5 Å². The third-order valence-electron chi connectivity index (χ3n) is 5.20. The van der Waals surface area contributed by atoms with Crippen molar-refractivity contribution in [2.45, 2.75) is 5.16 Å². The molecule has 0 spiro atoms. The molecule has 4 aromatic rings. The summed E-state index contributed by atoms with van der Waals surface area (Å²) in [7, 11) is 4.61. The van der Waals surface area contributed by atoms with Gasteiger partial charge < -0.3 is 14.2 Å². The summed E-state index contributed by atoms with van der Waals surface area (Å²) in [5.74, 6) is 1.13. The number of hydrogen-bond donors (Lipinski definition) is 1. The van der Waals surface area contributed by atoms with Crippen molar-refractivity contribution >= 4 is 23.9 Å². The largest absolute Gasteiger partial charge is 0.493 e. The van der Waals surface area contributed by atoms with Crippen molar-refractivity contribution in [3.8, 4) is 34.3 Å². The van der Waals surface area contributed by atoms with E-state index in [2.05, 4.69) is 20.7 Å². The van der Waals surface area contributed by atoms with Crippen molar-refractivity contribution in [3.63, 3.8) is 0 Å². The lowest BCUT2D eigenvalue weighted by molar-refractivity contribution is -0.118. The maximum absolute atomic E-state index is 13.7. The lowest BCUT2D eigenvalue weighted by Crippen LogP contribution is -2.20. The summed E-state index contributed by atoms with van der Waals surface area (Å²) in [6.07, 6.45) is 1.26. The van der Waals surface area contributed by atoms with E-state index in [0.29, 0.717) is 33.8 Å². The number of carbonyl (C=O) groups excluding carboxylic acids is 1. The molecule has 0 aliphatic heterocycles. The Morgan fingerprint density at radius 1 is 1.00 bits per heavy atom. The second-order valence-corrected chi connectivity index (χ2v) is 8.44. The summed E-state index contributed by atoms with van der Waals surface area (Å²) >= 11 is 1.18. The number of hydrazone groups is 1. The summed E-state index contributed by atoms with van der Waals surface area (Å²) in [5, 5.41) is 13.1. The van der Waals surface area contributed by atoms with Crippen LogP contribution in [-0.2, 0) is 4.79 Å². The number of aromatic nitrogens is 3. The Labute approximate surface area is 217 Å². The number of para-hydroxylation sites is 1. The van der Waals surface area contributed by atoms with Gasteiger partial charge in [0.05, 0.1) is 33.3 Å². The van der Waals surface area contributed by atoms with E-state index in [9.17, 15) is 9.18 Å². The average Bonchev–Trinajstić information content (AvgIpc) is 3.36. The number of rotatable bonds is 10. The molecular weight excluding hydrogens is 497 g/mol. The summed E-state index contributed by atoms with van der Waals surface area (Å²) in [6.45, 7) is 0. The predicted octanol–water partition coefficient (Wildman–Crippen LogP) is 4.34. The average molecular weight is 522 g/mol. The molecule has 1 N–H and O–H groups in total. The molecule has 1 heterocycles. The van der Waals surface area contributed by atoms with Crippen LogP contribution in [0.2, 0.25) is 0 Å². The van der Waals surface area contributed by atoms with Crippen LogP contribution in [0.15, 0.2) is 77.0 Å². The molecule has 4 rings (SSSR count). The Balaban J connectivity index is 1.60. The van der Waals surface area contributed by atoms with E-state index in [1.54, 1.807) is 30.3 Å². The fraction of sp³-hybridized carbons (Fsp3) is 0.154. The molecule has 11 heteroatoms. The monoisotopic (exact) mass is 521 g/mol. The number of ether oxygens (including phenoxy) is 3. The fourth-order valence-electron chi connectivity index (χ4n) is 3.49.